The number of ether oxygens (including phenoxy) is 2. The highest BCUT2D eigenvalue weighted by atomic mass is 16.6. The number of non-ortho nitro benzene ring substituents is 1. The van der Waals surface area contributed by atoms with E-state index >= 15 is 0 Å². The average molecular weight is 326 g/mol. The summed E-state index contributed by atoms with van der Waals surface area (Å²) in [5, 5.41) is 19.6. The van der Waals surface area contributed by atoms with Crippen LogP contribution in [0.2, 0.25) is 0 Å². The fourth-order valence-electron chi connectivity index (χ4n) is 2.15. The summed E-state index contributed by atoms with van der Waals surface area (Å²) >= 11 is 0. The van der Waals surface area contributed by atoms with Crippen molar-refractivity contribution in [3.63, 3.8) is 0 Å². The van der Waals surface area contributed by atoms with Crippen molar-refractivity contribution in [2.75, 3.05) is 7.11 Å². The van der Waals surface area contributed by atoms with Gasteiger partial charge in [-0.25, -0.2) is 4.79 Å². The van der Waals surface area contributed by atoms with Crippen LogP contribution >= 0.6 is 0 Å². The third-order valence-electron chi connectivity index (χ3n) is 3.33. The normalized spacial score (nSPS) is 11.2. The van der Waals surface area contributed by atoms with Crippen LogP contribution < -0.4 is 4.74 Å². The Kier molecular flexibility index (Phi) is 5.47. The summed E-state index contributed by atoms with van der Waals surface area (Å²) in [6.07, 6.45) is -0.840. The number of hydrogen-bond donors (Lipinski definition) is 0. The molecule has 7 nitrogen and oxygen atoms in total. The van der Waals surface area contributed by atoms with Gasteiger partial charge < -0.3 is 9.47 Å². The van der Waals surface area contributed by atoms with E-state index in [1.807, 2.05) is 6.07 Å². The number of para-hydroxylation sites is 1. The largest absolute Gasteiger partial charge is 0.496 e. The number of nitro benzene ring substituents is 1. The molecular formula is C17H14N2O5. The lowest BCUT2D eigenvalue weighted by atomic mass is 10.1. The second-order valence-electron chi connectivity index (χ2n) is 4.80. The van der Waals surface area contributed by atoms with Crippen LogP contribution in [0.4, 0.5) is 5.69 Å². The number of nitrogens with zero attached hydrogens (tertiary/aromatic N) is 2. The average Bonchev–Trinajstić information content (AvgIpc) is 2.61. The minimum absolute atomic E-state index is 0.0426. The van der Waals surface area contributed by atoms with Crippen LogP contribution in [0.25, 0.3) is 0 Å². The molecule has 2 rings (SSSR count). The smallest absolute Gasteiger partial charge is 0.338 e. The molecule has 0 aliphatic rings. The molecule has 0 saturated heterocycles. The van der Waals surface area contributed by atoms with Gasteiger partial charge in [0.05, 0.1) is 30.1 Å². The summed E-state index contributed by atoms with van der Waals surface area (Å²) in [4.78, 5) is 22.3. The molecule has 0 spiro atoms. The zero-order chi connectivity index (χ0) is 17.5. The molecule has 0 N–H and O–H groups in total. The Morgan fingerprint density at radius 2 is 1.92 bits per heavy atom. The summed E-state index contributed by atoms with van der Waals surface area (Å²) < 4.78 is 10.6. The minimum Gasteiger partial charge on any atom is -0.496 e. The lowest BCUT2D eigenvalue weighted by Gasteiger charge is -2.18. The van der Waals surface area contributed by atoms with Crippen LogP contribution in [-0.4, -0.2) is 18.0 Å². The number of esters is 1. The number of rotatable bonds is 6. The quantitative estimate of drug-likeness (QED) is 0.458. The van der Waals surface area contributed by atoms with Crippen molar-refractivity contribution in [2.45, 2.75) is 12.5 Å². The zero-order valence-electron chi connectivity index (χ0n) is 12.8. The molecule has 7 heteroatoms. The van der Waals surface area contributed by atoms with Crippen molar-refractivity contribution in [3.05, 3.63) is 69.8 Å². The van der Waals surface area contributed by atoms with Crippen LogP contribution in [-0.2, 0) is 4.74 Å². The molecule has 0 aromatic heterocycles. The second-order valence-corrected chi connectivity index (χ2v) is 4.80. The van der Waals surface area contributed by atoms with Gasteiger partial charge in [0.15, 0.2) is 0 Å². The molecule has 2 aromatic carbocycles. The maximum absolute atomic E-state index is 12.2. The van der Waals surface area contributed by atoms with E-state index in [9.17, 15) is 14.9 Å². The van der Waals surface area contributed by atoms with Gasteiger partial charge in [0.25, 0.3) is 5.69 Å². The van der Waals surface area contributed by atoms with E-state index in [1.165, 1.54) is 31.4 Å². The SMILES string of the molecule is COc1ccccc1C(CC#N)OC(=O)c1ccc([N+](=O)[O-])cc1. The molecule has 1 unspecified atom stereocenters. The first-order valence-corrected chi connectivity index (χ1v) is 7.02. The summed E-state index contributed by atoms with van der Waals surface area (Å²) in [6, 6.07) is 14.0. The van der Waals surface area contributed by atoms with E-state index in [4.69, 9.17) is 14.7 Å². The van der Waals surface area contributed by atoms with Crippen molar-refractivity contribution in [1.82, 2.24) is 0 Å². The molecule has 0 heterocycles. The first kappa shape index (κ1) is 17.0. The maximum atomic E-state index is 12.2. The molecule has 0 aliphatic carbocycles. The monoisotopic (exact) mass is 326 g/mol. The van der Waals surface area contributed by atoms with Crippen molar-refractivity contribution in [3.8, 4) is 11.8 Å². The van der Waals surface area contributed by atoms with Crippen LogP contribution in [0.1, 0.15) is 28.4 Å². The predicted octanol–water partition coefficient (Wildman–Crippen LogP) is 3.42. The highest BCUT2D eigenvalue weighted by molar-refractivity contribution is 5.89. The van der Waals surface area contributed by atoms with E-state index in [2.05, 4.69) is 0 Å². The van der Waals surface area contributed by atoms with Gasteiger partial charge in [0.2, 0.25) is 0 Å². The van der Waals surface area contributed by atoms with Gasteiger partial charge in [-0.3, -0.25) is 10.1 Å². The number of benzene rings is 2. The number of carbonyl (C=O) groups is 1. The number of carbonyl (C=O) groups excluding carboxylic acids is 1. The Hall–Kier alpha value is -3.40. The molecule has 0 saturated carbocycles. The van der Waals surface area contributed by atoms with E-state index in [1.54, 1.807) is 24.3 Å². The zero-order valence-corrected chi connectivity index (χ0v) is 12.8. The summed E-state index contributed by atoms with van der Waals surface area (Å²) in [7, 11) is 1.49. The Morgan fingerprint density at radius 1 is 1.25 bits per heavy atom. The van der Waals surface area contributed by atoms with Crippen LogP contribution in [0.5, 0.6) is 5.75 Å². The Labute approximate surface area is 138 Å². The number of methoxy groups -OCH3 is 1. The number of nitro groups is 1. The van der Waals surface area contributed by atoms with E-state index in [0.717, 1.165) is 0 Å². The van der Waals surface area contributed by atoms with E-state index < -0.39 is 17.0 Å². The number of nitriles is 1. The van der Waals surface area contributed by atoms with Gasteiger partial charge in [-0.15, -0.1) is 0 Å². The topological polar surface area (TPSA) is 102 Å². The van der Waals surface area contributed by atoms with Crippen molar-refractivity contribution in [1.29, 1.82) is 5.26 Å². The standard InChI is InChI=1S/C17H14N2O5/c1-23-15-5-3-2-4-14(15)16(10-11-18)24-17(20)12-6-8-13(9-7-12)19(21)22/h2-9,16H,10H2,1H3. The van der Waals surface area contributed by atoms with Gasteiger partial charge in [0.1, 0.15) is 11.9 Å². The van der Waals surface area contributed by atoms with E-state index in [0.29, 0.717) is 11.3 Å². The first-order chi connectivity index (χ1) is 11.6. The van der Waals surface area contributed by atoms with Crippen molar-refractivity contribution in [2.24, 2.45) is 0 Å². The second kappa shape index (κ2) is 7.74. The van der Waals surface area contributed by atoms with Crippen molar-refractivity contribution >= 4 is 11.7 Å². The molecule has 2 aromatic rings. The molecule has 0 radical (unpaired) electrons. The minimum atomic E-state index is -0.797. The van der Waals surface area contributed by atoms with Gasteiger partial charge in [-0.05, 0) is 18.2 Å². The third kappa shape index (κ3) is 3.87. The van der Waals surface area contributed by atoms with Gasteiger partial charge in [0, 0.05) is 17.7 Å². The molecule has 122 valence electrons. The van der Waals surface area contributed by atoms with Crippen LogP contribution in [0.15, 0.2) is 48.5 Å². The lowest BCUT2D eigenvalue weighted by molar-refractivity contribution is -0.384. The van der Waals surface area contributed by atoms with Crippen LogP contribution in [0, 0.1) is 21.4 Å². The molecule has 1 atom stereocenters. The maximum Gasteiger partial charge on any atom is 0.338 e. The Balaban J connectivity index is 2.22. The summed E-state index contributed by atoms with van der Waals surface area (Å²) in [6.45, 7) is 0. The fraction of sp³-hybridized carbons (Fsp3) is 0.176. The van der Waals surface area contributed by atoms with Gasteiger partial charge >= 0.3 is 5.97 Å². The van der Waals surface area contributed by atoms with Crippen molar-refractivity contribution < 1.29 is 19.2 Å². The highest BCUT2D eigenvalue weighted by Gasteiger charge is 2.21. The highest BCUT2D eigenvalue weighted by Crippen LogP contribution is 2.30. The molecular weight excluding hydrogens is 312 g/mol. The fourth-order valence-corrected chi connectivity index (χ4v) is 2.15. The molecule has 0 bridgehead atoms. The van der Waals surface area contributed by atoms with Crippen LogP contribution in [0.3, 0.4) is 0 Å². The molecule has 0 fully saturated rings. The molecule has 0 amide bonds. The molecule has 0 aliphatic heterocycles. The Morgan fingerprint density at radius 3 is 2.50 bits per heavy atom. The van der Waals surface area contributed by atoms with E-state index in [-0.39, 0.29) is 17.7 Å². The number of hydrogen-bond acceptors (Lipinski definition) is 6. The van der Waals surface area contributed by atoms with Gasteiger partial charge in [-0.1, -0.05) is 18.2 Å². The van der Waals surface area contributed by atoms with Gasteiger partial charge in [-0.2, -0.15) is 5.26 Å². The third-order valence-corrected chi connectivity index (χ3v) is 3.33. The Bertz CT molecular complexity index is 780. The summed E-state index contributed by atoms with van der Waals surface area (Å²) in [5.41, 5.74) is 0.625. The predicted molar refractivity (Wildman–Crippen MR) is 84.5 cm³/mol. The summed E-state index contributed by atoms with van der Waals surface area (Å²) in [5.74, 6) is -0.162. The molecule has 24 heavy (non-hydrogen) atoms. The first-order valence-electron chi connectivity index (χ1n) is 7.02. The lowest BCUT2D eigenvalue weighted by Crippen LogP contribution is -2.12.